The van der Waals surface area contributed by atoms with Crippen molar-refractivity contribution in [1.82, 2.24) is 10.2 Å². The maximum absolute atomic E-state index is 13.9. The first-order chi connectivity index (χ1) is 9.13. The average Bonchev–Trinajstić information content (AvgIpc) is 2.41. The van der Waals surface area contributed by atoms with E-state index in [-0.39, 0.29) is 24.4 Å². The monoisotopic (exact) mass is 268 g/mol. The highest BCUT2D eigenvalue weighted by Gasteiger charge is 2.22. The Bertz CT molecular complexity index is 373. The van der Waals surface area contributed by atoms with Crippen molar-refractivity contribution in [3.63, 3.8) is 0 Å². The van der Waals surface area contributed by atoms with Crippen molar-refractivity contribution in [3.8, 4) is 0 Å². The first-order valence-corrected chi connectivity index (χ1v) is 6.88. The molecule has 0 fully saturated rings. The molecule has 4 heteroatoms. The molecule has 3 nitrogen and oxygen atoms in total. The molecule has 0 aromatic heterocycles. The SMILES string of the molecule is CCN(CCO)CC(C)C(NC)c1ccccc1F. The van der Waals surface area contributed by atoms with Crippen LogP contribution in [0, 0.1) is 11.7 Å². The molecular formula is C15H25FN2O. The molecule has 1 rings (SSSR count). The van der Waals surface area contributed by atoms with Crippen molar-refractivity contribution in [2.75, 3.05) is 33.3 Å². The second-order valence-electron chi connectivity index (χ2n) is 4.88. The maximum Gasteiger partial charge on any atom is 0.127 e. The lowest BCUT2D eigenvalue weighted by Gasteiger charge is -2.29. The van der Waals surface area contributed by atoms with E-state index in [0.717, 1.165) is 13.1 Å². The van der Waals surface area contributed by atoms with Gasteiger partial charge in [0.15, 0.2) is 0 Å². The summed E-state index contributed by atoms with van der Waals surface area (Å²) in [6, 6.07) is 6.88. The predicted octanol–water partition coefficient (Wildman–Crippen LogP) is 2.04. The zero-order valence-electron chi connectivity index (χ0n) is 12.1. The standard InChI is InChI=1S/C15H25FN2O/c1-4-18(9-10-19)11-12(2)15(17-3)13-7-5-6-8-14(13)16/h5-8,12,15,17,19H,4,9-11H2,1-3H3. The average molecular weight is 268 g/mol. The van der Waals surface area contributed by atoms with Gasteiger partial charge in [0.2, 0.25) is 0 Å². The van der Waals surface area contributed by atoms with Crippen molar-refractivity contribution < 1.29 is 9.50 Å². The summed E-state index contributed by atoms with van der Waals surface area (Å²) >= 11 is 0. The van der Waals surface area contributed by atoms with Gasteiger partial charge in [0.05, 0.1) is 6.61 Å². The molecule has 0 aliphatic rings. The number of nitrogens with zero attached hydrogens (tertiary/aromatic N) is 1. The molecule has 0 radical (unpaired) electrons. The molecule has 2 unspecified atom stereocenters. The third-order valence-corrected chi connectivity index (χ3v) is 3.53. The summed E-state index contributed by atoms with van der Waals surface area (Å²) in [5.41, 5.74) is 0.706. The second-order valence-corrected chi connectivity index (χ2v) is 4.88. The summed E-state index contributed by atoms with van der Waals surface area (Å²) in [7, 11) is 1.86. The number of likely N-dealkylation sites (N-methyl/N-ethyl adjacent to an activating group) is 1. The van der Waals surface area contributed by atoms with Crippen LogP contribution in [0.5, 0.6) is 0 Å². The van der Waals surface area contributed by atoms with Crippen molar-refractivity contribution >= 4 is 0 Å². The van der Waals surface area contributed by atoms with Crippen molar-refractivity contribution in [2.24, 2.45) is 5.92 Å². The molecule has 19 heavy (non-hydrogen) atoms. The summed E-state index contributed by atoms with van der Waals surface area (Å²) in [6.07, 6.45) is 0. The van der Waals surface area contributed by atoms with Crippen LogP contribution in [0.4, 0.5) is 4.39 Å². The lowest BCUT2D eigenvalue weighted by atomic mass is 9.93. The predicted molar refractivity (Wildman–Crippen MR) is 76.6 cm³/mol. The molecule has 108 valence electrons. The summed E-state index contributed by atoms with van der Waals surface area (Å²) in [5, 5.41) is 12.2. The Morgan fingerprint density at radius 2 is 2.05 bits per heavy atom. The Kier molecular flexibility index (Phi) is 6.99. The number of halogens is 1. The van der Waals surface area contributed by atoms with E-state index in [2.05, 4.69) is 24.1 Å². The number of rotatable bonds is 8. The lowest BCUT2D eigenvalue weighted by molar-refractivity contribution is 0.172. The molecule has 0 amide bonds. The Morgan fingerprint density at radius 1 is 1.37 bits per heavy atom. The molecule has 0 bridgehead atoms. The number of benzene rings is 1. The Labute approximate surface area is 115 Å². The maximum atomic E-state index is 13.9. The lowest BCUT2D eigenvalue weighted by Crippen LogP contribution is -2.36. The number of nitrogens with one attached hydrogen (secondary N) is 1. The zero-order chi connectivity index (χ0) is 14.3. The van der Waals surface area contributed by atoms with E-state index < -0.39 is 0 Å². The number of aliphatic hydroxyl groups is 1. The van der Waals surface area contributed by atoms with Crippen LogP contribution < -0.4 is 5.32 Å². The molecule has 1 aromatic carbocycles. The number of hydrogen-bond acceptors (Lipinski definition) is 3. The van der Waals surface area contributed by atoms with E-state index in [0.29, 0.717) is 12.1 Å². The fourth-order valence-corrected chi connectivity index (χ4v) is 2.51. The van der Waals surface area contributed by atoms with Crippen LogP contribution in [0.2, 0.25) is 0 Å². The number of aliphatic hydroxyl groups excluding tert-OH is 1. The van der Waals surface area contributed by atoms with Gasteiger partial charge in [-0.15, -0.1) is 0 Å². The fourth-order valence-electron chi connectivity index (χ4n) is 2.51. The molecule has 2 N–H and O–H groups in total. The Balaban J connectivity index is 2.76. The van der Waals surface area contributed by atoms with Crippen LogP contribution >= 0.6 is 0 Å². The van der Waals surface area contributed by atoms with Gasteiger partial charge in [-0.3, -0.25) is 0 Å². The molecule has 0 saturated heterocycles. The van der Waals surface area contributed by atoms with Gasteiger partial charge in [0, 0.05) is 24.7 Å². The molecule has 0 heterocycles. The molecule has 0 aliphatic carbocycles. The minimum atomic E-state index is -0.168. The highest BCUT2D eigenvalue weighted by Crippen LogP contribution is 2.24. The Morgan fingerprint density at radius 3 is 2.58 bits per heavy atom. The quantitative estimate of drug-likeness (QED) is 0.757. The van der Waals surface area contributed by atoms with E-state index in [1.165, 1.54) is 6.07 Å². The normalized spacial score (nSPS) is 14.6. The van der Waals surface area contributed by atoms with Crippen molar-refractivity contribution in [1.29, 1.82) is 0 Å². The summed E-state index contributed by atoms with van der Waals surface area (Å²) in [5.74, 6) is 0.0901. The molecule has 0 spiro atoms. The van der Waals surface area contributed by atoms with Gasteiger partial charge < -0.3 is 15.3 Å². The summed E-state index contributed by atoms with van der Waals surface area (Å²) < 4.78 is 13.9. The molecule has 1 aromatic rings. The Hall–Kier alpha value is -0.970. The van der Waals surface area contributed by atoms with E-state index in [4.69, 9.17) is 5.11 Å². The van der Waals surface area contributed by atoms with Crippen LogP contribution in [-0.4, -0.2) is 43.3 Å². The smallest absolute Gasteiger partial charge is 0.127 e. The second kappa shape index (κ2) is 8.25. The van der Waals surface area contributed by atoms with E-state index in [1.54, 1.807) is 6.07 Å². The topological polar surface area (TPSA) is 35.5 Å². The first kappa shape index (κ1) is 16.1. The van der Waals surface area contributed by atoms with Crippen LogP contribution in [-0.2, 0) is 0 Å². The third kappa shape index (κ3) is 4.56. The summed E-state index contributed by atoms with van der Waals surface area (Å²) in [6.45, 7) is 6.71. The van der Waals surface area contributed by atoms with Crippen LogP contribution in [0.1, 0.15) is 25.5 Å². The summed E-state index contributed by atoms with van der Waals surface area (Å²) in [4.78, 5) is 2.18. The van der Waals surface area contributed by atoms with Gasteiger partial charge in [-0.1, -0.05) is 32.0 Å². The van der Waals surface area contributed by atoms with Gasteiger partial charge in [-0.2, -0.15) is 0 Å². The molecule has 0 saturated carbocycles. The highest BCUT2D eigenvalue weighted by molar-refractivity contribution is 5.21. The van der Waals surface area contributed by atoms with Gasteiger partial charge in [0.25, 0.3) is 0 Å². The minimum Gasteiger partial charge on any atom is -0.395 e. The van der Waals surface area contributed by atoms with E-state index >= 15 is 0 Å². The molecular weight excluding hydrogens is 243 g/mol. The first-order valence-electron chi connectivity index (χ1n) is 6.88. The van der Waals surface area contributed by atoms with Crippen LogP contribution in [0.25, 0.3) is 0 Å². The largest absolute Gasteiger partial charge is 0.395 e. The highest BCUT2D eigenvalue weighted by atomic mass is 19.1. The molecule has 2 atom stereocenters. The van der Waals surface area contributed by atoms with E-state index in [1.807, 2.05) is 19.2 Å². The number of hydrogen-bond donors (Lipinski definition) is 2. The third-order valence-electron chi connectivity index (χ3n) is 3.53. The van der Waals surface area contributed by atoms with Gasteiger partial charge >= 0.3 is 0 Å². The van der Waals surface area contributed by atoms with Gasteiger partial charge in [0.1, 0.15) is 5.82 Å². The minimum absolute atomic E-state index is 0.0195. The molecule has 0 aliphatic heterocycles. The van der Waals surface area contributed by atoms with Crippen molar-refractivity contribution in [2.45, 2.75) is 19.9 Å². The fraction of sp³-hybridized carbons (Fsp3) is 0.600. The van der Waals surface area contributed by atoms with Crippen molar-refractivity contribution in [3.05, 3.63) is 35.6 Å². The van der Waals surface area contributed by atoms with Crippen LogP contribution in [0.3, 0.4) is 0 Å². The van der Waals surface area contributed by atoms with Gasteiger partial charge in [-0.05, 0) is 25.6 Å². The van der Waals surface area contributed by atoms with Crippen LogP contribution in [0.15, 0.2) is 24.3 Å². The van der Waals surface area contributed by atoms with E-state index in [9.17, 15) is 4.39 Å². The zero-order valence-corrected chi connectivity index (χ0v) is 12.1. The van der Waals surface area contributed by atoms with Gasteiger partial charge in [-0.25, -0.2) is 4.39 Å².